The third kappa shape index (κ3) is 3.35. The Kier molecular flexibility index (Phi) is 4.35. The van der Waals surface area contributed by atoms with Crippen molar-refractivity contribution >= 4 is 5.97 Å². The lowest BCUT2D eigenvalue weighted by Gasteiger charge is -2.13. The number of benzene rings is 1. The van der Waals surface area contributed by atoms with Crippen molar-refractivity contribution in [3.05, 3.63) is 58.9 Å². The van der Waals surface area contributed by atoms with E-state index in [4.69, 9.17) is 9.84 Å². The number of aryl methyl sites for hydroxylation is 2. The van der Waals surface area contributed by atoms with Gasteiger partial charge in [-0.2, -0.15) is 0 Å². The summed E-state index contributed by atoms with van der Waals surface area (Å²) in [5.41, 5.74) is 3.09. The maximum Gasteiger partial charge on any atom is 0.335 e. The third-order valence-electron chi connectivity index (χ3n) is 3.07. The van der Waals surface area contributed by atoms with Gasteiger partial charge in [-0.05, 0) is 48.7 Å². The van der Waals surface area contributed by atoms with Crippen LogP contribution in [0, 0.1) is 13.8 Å². The van der Waals surface area contributed by atoms with Crippen LogP contribution in [-0.2, 0) is 6.42 Å². The van der Waals surface area contributed by atoms with Crippen molar-refractivity contribution in [3.63, 3.8) is 0 Å². The summed E-state index contributed by atoms with van der Waals surface area (Å²) in [6, 6.07) is 7.17. The molecule has 0 amide bonds. The smallest absolute Gasteiger partial charge is 0.335 e. The number of ether oxygens (including phenoxy) is 1. The minimum Gasteiger partial charge on any atom is -0.493 e. The third-order valence-corrected chi connectivity index (χ3v) is 3.07. The van der Waals surface area contributed by atoms with Crippen LogP contribution in [0.25, 0.3) is 0 Å². The lowest BCUT2D eigenvalue weighted by molar-refractivity contribution is 0.0696. The SMILES string of the molecule is Cc1cc(C(=O)O)cc(C)c1OCCc1cccnc1. The molecule has 0 aliphatic carbocycles. The molecule has 4 heteroatoms. The summed E-state index contributed by atoms with van der Waals surface area (Å²) in [6.45, 7) is 4.26. The fraction of sp³-hybridized carbons (Fsp3) is 0.250. The Morgan fingerprint density at radius 2 is 2.00 bits per heavy atom. The highest BCUT2D eigenvalue weighted by molar-refractivity contribution is 5.88. The van der Waals surface area contributed by atoms with E-state index in [2.05, 4.69) is 4.98 Å². The molecule has 0 aliphatic rings. The van der Waals surface area contributed by atoms with Gasteiger partial charge >= 0.3 is 5.97 Å². The number of pyridine rings is 1. The van der Waals surface area contributed by atoms with E-state index in [1.165, 1.54) is 0 Å². The Bertz CT molecular complexity index is 585. The molecule has 20 heavy (non-hydrogen) atoms. The number of aromatic nitrogens is 1. The molecule has 0 fully saturated rings. The fourth-order valence-corrected chi connectivity index (χ4v) is 2.12. The molecular weight excluding hydrogens is 254 g/mol. The normalized spacial score (nSPS) is 10.3. The number of rotatable bonds is 5. The van der Waals surface area contributed by atoms with E-state index >= 15 is 0 Å². The van der Waals surface area contributed by atoms with E-state index in [1.807, 2.05) is 32.2 Å². The van der Waals surface area contributed by atoms with Crippen LogP contribution in [0.2, 0.25) is 0 Å². The molecule has 104 valence electrons. The van der Waals surface area contributed by atoms with E-state index in [-0.39, 0.29) is 0 Å². The zero-order valence-electron chi connectivity index (χ0n) is 11.6. The lowest BCUT2D eigenvalue weighted by Crippen LogP contribution is -2.06. The van der Waals surface area contributed by atoms with Gasteiger partial charge < -0.3 is 9.84 Å². The highest BCUT2D eigenvalue weighted by Crippen LogP contribution is 2.25. The Morgan fingerprint density at radius 3 is 2.55 bits per heavy atom. The van der Waals surface area contributed by atoms with Gasteiger partial charge in [0.15, 0.2) is 0 Å². The molecule has 0 saturated carbocycles. The fourth-order valence-electron chi connectivity index (χ4n) is 2.12. The standard InChI is InChI=1S/C16H17NO3/c1-11-8-14(16(18)19)9-12(2)15(11)20-7-5-13-4-3-6-17-10-13/h3-4,6,8-10H,5,7H2,1-2H3,(H,18,19). The highest BCUT2D eigenvalue weighted by atomic mass is 16.5. The second-order valence-electron chi connectivity index (χ2n) is 4.70. The quantitative estimate of drug-likeness (QED) is 0.908. The van der Waals surface area contributed by atoms with E-state index < -0.39 is 5.97 Å². The number of aromatic carboxylic acids is 1. The molecule has 0 unspecified atom stereocenters. The van der Waals surface area contributed by atoms with Crippen LogP contribution in [0.15, 0.2) is 36.7 Å². The molecule has 1 aromatic carbocycles. The van der Waals surface area contributed by atoms with Crippen molar-refractivity contribution in [2.75, 3.05) is 6.61 Å². The van der Waals surface area contributed by atoms with Crippen LogP contribution < -0.4 is 4.74 Å². The first kappa shape index (κ1) is 14.1. The number of hydrogen-bond donors (Lipinski definition) is 1. The maximum atomic E-state index is 11.0. The molecule has 4 nitrogen and oxygen atoms in total. The van der Waals surface area contributed by atoms with Gasteiger partial charge in [-0.15, -0.1) is 0 Å². The highest BCUT2D eigenvalue weighted by Gasteiger charge is 2.10. The second-order valence-corrected chi connectivity index (χ2v) is 4.70. The van der Waals surface area contributed by atoms with Gasteiger partial charge in [0.25, 0.3) is 0 Å². The van der Waals surface area contributed by atoms with Crippen LogP contribution in [0.3, 0.4) is 0 Å². The number of carboxylic acids is 1. The number of nitrogens with zero attached hydrogens (tertiary/aromatic N) is 1. The molecular formula is C16H17NO3. The molecule has 0 saturated heterocycles. The Labute approximate surface area is 118 Å². The van der Waals surface area contributed by atoms with Crippen LogP contribution in [-0.4, -0.2) is 22.7 Å². The van der Waals surface area contributed by atoms with E-state index in [1.54, 1.807) is 18.3 Å². The van der Waals surface area contributed by atoms with Crippen LogP contribution >= 0.6 is 0 Å². The van der Waals surface area contributed by atoms with Gasteiger partial charge in [0, 0.05) is 18.8 Å². The summed E-state index contributed by atoms with van der Waals surface area (Å²) in [5, 5.41) is 9.00. The molecule has 0 aliphatic heterocycles. The maximum absolute atomic E-state index is 11.0. The first-order chi connectivity index (χ1) is 9.58. The monoisotopic (exact) mass is 271 g/mol. The van der Waals surface area contributed by atoms with Crippen molar-refractivity contribution in [2.45, 2.75) is 20.3 Å². The topological polar surface area (TPSA) is 59.4 Å². The molecule has 0 atom stereocenters. The average Bonchev–Trinajstić information content (AvgIpc) is 2.42. The van der Waals surface area contributed by atoms with E-state index in [9.17, 15) is 4.79 Å². The molecule has 0 spiro atoms. The molecule has 0 radical (unpaired) electrons. The summed E-state index contributed by atoms with van der Waals surface area (Å²) in [6.07, 6.45) is 4.33. The summed E-state index contributed by atoms with van der Waals surface area (Å²) in [7, 11) is 0. The summed E-state index contributed by atoms with van der Waals surface area (Å²) < 4.78 is 5.79. The van der Waals surface area contributed by atoms with Crippen LogP contribution in [0.5, 0.6) is 5.75 Å². The van der Waals surface area contributed by atoms with Gasteiger partial charge in [-0.3, -0.25) is 4.98 Å². The van der Waals surface area contributed by atoms with Gasteiger partial charge in [0.1, 0.15) is 5.75 Å². The zero-order chi connectivity index (χ0) is 14.5. The van der Waals surface area contributed by atoms with E-state index in [0.717, 1.165) is 28.9 Å². The molecule has 0 bridgehead atoms. The minimum atomic E-state index is -0.918. The predicted molar refractivity (Wildman–Crippen MR) is 76.3 cm³/mol. The Balaban J connectivity index is 2.05. The molecule has 2 rings (SSSR count). The van der Waals surface area contributed by atoms with Crippen LogP contribution in [0.4, 0.5) is 0 Å². The molecule has 1 heterocycles. The first-order valence-electron chi connectivity index (χ1n) is 6.44. The van der Waals surface area contributed by atoms with Gasteiger partial charge in [0.05, 0.1) is 12.2 Å². The first-order valence-corrected chi connectivity index (χ1v) is 6.44. The van der Waals surface area contributed by atoms with Crippen molar-refractivity contribution in [2.24, 2.45) is 0 Å². The predicted octanol–water partition coefficient (Wildman–Crippen LogP) is 3.02. The second kappa shape index (κ2) is 6.19. The van der Waals surface area contributed by atoms with Crippen LogP contribution in [0.1, 0.15) is 27.0 Å². The van der Waals surface area contributed by atoms with Gasteiger partial charge in [-0.25, -0.2) is 4.79 Å². The van der Waals surface area contributed by atoms with Crippen molar-refractivity contribution in [1.82, 2.24) is 4.98 Å². The zero-order valence-corrected chi connectivity index (χ0v) is 11.6. The van der Waals surface area contributed by atoms with Gasteiger partial charge in [0.2, 0.25) is 0 Å². The summed E-state index contributed by atoms with van der Waals surface area (Å²) >= 11 is 0. The van der Waals surface area contributed by atoms with E-state index in [0.29, 0.717) is 12.2 Å². The average molecular weight is 271 g/mol. The molecule has 2 aromatic rings. The molecule has 1 aromatic heterocycles. The number of carbonyl (C=O) groups is 1. The minimum absolute atomic E-state index is 0.291. The summed E-state index contributed by atoms with van der Waals surface area (Å²) in [4.78, 5) is 15.0. The Morgan fingerprint density at radius 1 is 1.30 bits per heavy atom. The van der Waals surface area contributed by atoms with Crippen molar-refractivity contribution in [3.8, 4) is 5.75 Å². The van der Waals surface area contributed by atoms with Gasteiger partial charge in [-0.1, -0.05) is 6.07 Å². The Hall–Kier alpha value is -2.36. The lowest BCUT2D eigenvalue weighted by atomic mass is 10.1. The number of carboxylic acid groups (broad SMARTS) is 1. The number of hydrogen-bond acceptors (Lipinski definition) is 3. The molecule has 1 N–H and O–H groups in total. The van der Waals surface area contributed by atoms with Crippen molar-refractivity contribution < 1.29 is 14.6 Å². The summed E-state index contributed by atoms with van der Waals surface area (Å²) in [5.74, 6) is -0.156. The largest absolute Gasteiger partial charge is 0.493 e. The van der Waals surface area contributed by atoms with Crippen molar-refractivity contribution in [1.29, 1.82) is 0 Å².